The van der Waals surface area contributed by atoms with Gasteiger partial charge < -0.3 is 18.6 Å². The fourth-order valence-corrected chi connectivity index (χ4v) is 12.3. The first-order chi connectivity index (χ1) is 38.5. The molecule has 4 nitrogen and oxygen atoms in total. The van der Waals surface area contributed by atoms with Gasteiger partial charge in [-0.3, -0.25) is 0 Å². The SMILES string of the molecule is CC(C)(C)c1cccc(N(c2cccc(-c3ccccc3)c2)c2ccc3c(c2)oc2cc4c(ccc5c6cc(C(C)(C)C)cc7c8ccc(N(c9cccc(-c%10ccccc%10)c9)c9cccc(C(C)(C)C)c9)cc8n(c45)c76)cc23)c1. The Morgan fingerprint density at radius 1 is 0.287 bits per heavy atom. The minimum atomic E-state index is -0.0632. The molecule has 0 saturated carbocycles. The fraction of sp³-hybridized carbons (Fsp3) is 0.158. The van der Waals surface area contributed by atoms with Crippen LogP contribution in [0, 0.1) is 0 Å². The largest absolute Gasteiger partial charge is 0.456 e. The van der Waals surface area contributed by atoms with Gasteiger partial charge in [-0.1, -0.05) is 190 Å². The molecule has 0 aliphatic rings. The van der Waals surface area contributed by atoms with Crippen molar-refractivity contribution in [2.45, 2.75) is 78.6 Å². The summed E-state index contributed by atoms with van der Waals surface area (Å²) in [7, 11) is 0. The van der Waals surface area contributed by atoms with Crippen LogP contribution in [0.15, 0.2) is 235 Å². The molecule has 11 aromatic carbocycles. The summed E-state index contributed by atoms with van der Waals surface area (Å²) in [6, 6.07) is 85.4. The Labute approximate surface area is 469 Å². The average Bonchev–Trinajstić information content (AvgIpc) is 4.30. The zero-order valence-electron chi connectivity index (χ0n) is 47.2. The molecule has 0 aliphatic heterocycles. The maximum Gasteiger partial charge on any atom is 0.137 e. The molecule has 0 fully saturated rings. The van der Waals surface area contributed by atoms with Gasteiger partial charge in [0.05, 0.1) is 16.6 Å². The van der Waals surface area contributed by atoms with Gasteiger partial charge in [0, 0.05) is 77.9 Å². The highest BCUT2D eigenvalue weighted by Crippen LogP contribution is 2.48. The molecule has 0 atom stereocenters. The van der Waals surface area contributed by atoms with Crippen LogP contribution in [0.3, 0.4) is 0 Å². The van der Waals surface area contributed by atoms with Crippen LogP contribution in [0.5, 0.6) is 0 Å². The van der Waals surface area contributed by atoms with Crippen LogP contribution in [-0.4, -0.2) is 4.40 Å². The van der Waals surface area contributed by atoms with Crippen molar-refractivity contribution < 1.29 is 4.42 Å². The molecule has 0 N–H and O–H groups in total. The highest BCUT2D eigenvalue weighted by molar-refractivity contribution is 6.28. The van der Waals surface area contributed by atoms with Crippen LogP contribution >= 0.6 is 0 Å². The van der Waals surface area contributed by atoms with E-state index >= 15 is 0 Å². The normalized spacial score (nSPS) is 12.6. The van der Waals surface area contributed by atoms with E-state index in [9.17, 15) is 0 Å². The highest BCUT2D eigenvalue weighted by Gasteiger charge is 2.27. The first-order valence-electron chi connectivity index (χ1n) is 28.2. The topological polar surface area (TPSA) is 24.0 Å². The number of furan rings is 1. The maximum absolute atomic E-state index is 7.12. The Bertz CT molecular complexity index is 4710. The molecule has 0 saturated heterocycles. The van der Waals surface area contributed by atoms with E-state index in [1.165, 1.54) is 82.4 Å². The lowest BCUT2D eigenvalue weighted by Gasteiger charge is -2.28. The molecule has 3 aromatic heterocycles. The standard InChI is InChI=1S/C76H65N3O/c1-74(2,3)53-26-18-30-58(41-53)77(56-28-16-24-50(38-56)48-20-12-10-13-21-48)60-33-36-62-67-43-55(76(7,8)9)44-68-64-35-32-52-40-66-63-37-34-61(46-70(63)80-71(66)47-65(52)72(64)79(73(67)68)69(62)45-60)78(59-31-19-27-54(42-59)75(4,5)6)57-29-17-25-51(39-57)49-22-14-11-15-23-49/h10-47H,1-9H3. The highest BCUT2D eigenvalue weighted by atomic mass is 16.3. The van der Waals surface area contributed by atoms with Crippen molar-refractivity contribution in [2.75, 3.05) is 9.80 Å². The van der Waals surface area contributed by atoms with Crippen molar-refractivity contribution in [3.63, 3.8) is 0 Å². The number of benzene rings is 11. The Balaban J connectivity index is 0.983. The first kappa shape index (κ1) is 49.2. The van der Waals surface area contributed by atoms with Crippen LogP contribution in [-0.2, 0) is 16.2 Å². The predicted molar refractivity (Wildman–Crippen MR) is 342 cm³/mol. The van der Waals surface area contributed by atoms with Gasteiger partial charge in [-0.25, -0.2) is 0 Å². The van der Waals surface area contributed by atoms with Gasteiger partial charge in [0.2, 0.25) is 0 Å². The van der Waals surface area contributed by atoms with Gasteiger partial charge in [0.15, 0.2) is 0 Å². The monoisotopic (exact) mass is 1040 g/mol. The third-order valence-corrected chi connectivity index (χ3v) is 16.7. The smallest absolute Gasteiger partial charge is 0.137 e. The van der Waals surface area contributed by atoms with Gasteiger partial charge in [0.1, 0.15) is 11.2 Å². The zero-order chi connectivity index (χ0) is 54.8. The summed E-state index contributed by atoms with van der Waals surface area (Å²) in [5, 5.41) is 9.56. The summed E-state index contributed by atoms with van der Waals surface area (Å²) < 4.78 is 9.68. The van der Waals surface area contributed by atoms with E-state index in [-0.39, 0.29) is 16.2 Å². The van der Waals surface area contributed by atoms with Gasteiger partial charge in [-0.05, 0) is 158 Å². The number of hydrogen-bond donors (Lipinski definition) is 0. The van der Waals surface area contributed by atoms with Gasteiger partial charge in [0.25, 0.3) is 0 Å². The molecule has 0 bridgehead atoms. The molecule has 80 heavy (non-hydrogen) atoms. The molecular formula is C76H65N3O. The number of fused-ring (bicyclic) bond motifs is 11. The summed E-state index contributed by atoms with van der Waals surface area (Å²) >= 11 is 0. The van der Waals surface area contributed by atoms with E-state index < -0.39 is 0 Å². The summed E-state index contributed by atoms with van der Waals surface area (Å²) in [5.41, 5.74) is 20.4. The second-order valence-corrected chi connectivity index (χ2v) is 25.1. The molecular weight excluding hydrogens is 971 g/mol. The summed E-state index contributed by atoms with van der Waals surface area (Å²) in [4.78, 5) is 4.82. The van der Waals surface area contributed by atoms with Crippen molar-refractivity contribution in [1.82, 2.24) is 4.40 Å². The maximum atomic E-state index is 7.12. The van der Waals surface area contributed by atoms with Crippen molar-refractivity contribution >= 4 is 105 Å². The molecule has 3 heterocycles. The van der Waals surface area contributed by atoms with E-state index in [0.29, 0.717) is 0 Å². The van der Waals surface area contributed by atoms with Crippen LogP contribution in [0.2, 0.25) is 0 Å². The number of aromatic nitrogens is 1. The second kappa shape index (κ2) is 18.2. The second-order valence-electron chi connectivity index (χ2n) is 25.1. The number of anilines is 6. The van der Waals surface area contributed by atoms with Crippen molar-refractivity contribution in [2.24, 2.45) is 0 Å². The van der Waals surface area contributed by atoms with Crippen molar-refractivity contribution in [3.05, 3.63) is 247 Å². The van der Waals surface area contributed by atoms with E-state index in [1.807, 2.05) is 0 Å². The van der Waals surface area contributed by atoms with Gasteiger partial charge in [-0.15, -0.1) is 0 Å². The van der Waals surface area contributed by atoms with Crippen molar-refractivity contribution in [1.29, 1.82) is 0 Å². The predicted octanol–water partition coefficient (Wildman–Crippen LogP) is 22.1. The molecule has 0 spiro atoms. The lowest BCUT2D eigenvalue weighted by molar-refractivity contribution is 0.590. The van der Waals surface area contributed by atoms with E-state index in [2.05, 4.69) is 307 Å². The Hall–Kier alpha value is -9.12. The molecule has 0 aliphatic carbocycles. The molecule has 390 valence electrons. The third-order valence-electron chi connectivity index (χ3n) is 16.7. The number of rotatable bonds is 8. The van der Waals surface area contributed by atoms with Crippen LogP contribution in [0.4, 0.5) is 34.1 Å². The van der Waals surface area contributed by atoms with Crippen LogP contribution in [0.1, 0.15) is 79.0 Å². The average molecular weight is 1040 g/mol. The first-order valence-corrected chi connectivity index (χ1v) is 28.2. The summed E-state index contributed by atoms with van der Waals surface area (Å²) in [6.07, 6.45) is 0. The van der Waals surface area contributed by atoms with Crippen molar-refractivity contribution in [3.8, 4) is 22.3 Å². The quantitative estimate of drug-likeness (QED) is 0.152. The Morgan fingerprint density at radius 3 is 1.27 bits per heavy atom. The van der Waals surface area contributed by atoms with Gasteiger partial charge >= 0.3 is 0 Å². The molecule has 14 aromatic rings. The Kier molecular flexibility index (Phi) is 11.2. The van der Waals surface area contributed by atoms with Crippen LogP contribution in [0.25, 0.3) is 93.1 Å². The summed E-state index contributed by atoms with van der Waals surface area (Å²) in [5.74, 6) is 0. The molecule has 0 amide bonds. The molecule has 0 radical (unpaired) electrons. The molecule has 0 unspecified atom stereocenters. The number of nitrogens with zero attached hydrogens (tertiary/aromatic N) is 3. The van der Waals surface area contributed by atoms with E-state index in [0.717, 1.165) is 61.4 Å². The third kappa shape index (κ3) is 8.27. The zero-order valence-corrected chi connectivity index (χ0v) is 47.2. The number of hydrogen-bond acceptors (Lipinski definition) is 3. The lowest BCUT2D eigenvalue weighted by Crippen LogP contribution is -2.14. The summed E-state index contributed by atoms with van der Waals surface area (Å²) in [6.45, 7) is 20.7. The molecule has 14 rings (SSSR count). The Morgan fingerprint density at radius 2 is 0.725 bits per heavy atom. The lowest BCUT2D eigenvalue weighted by atomic mass is 9.85. The van der Waals surface area contributed by atoms with Gasteiger partial charge in [-0.2, -0.15) is 0 Å². The minimum Gasteiger partial charge on any atom is -0.456 e. The van der Waals surface area contributed by atoms with Crippen LogP contribution < -0.4 is 9.80 Å². The minimum absolute atomic E-state index is 0.0238. The van der Waals surface area contributed by atoms with E-state index in [1.54, 1.807) is 0 Å². The van der Waals surface area contributed by atoms with E-state index in [4.69, 9.17) is 4.42 Å². The fourth-order valence-electron chi connectivity index (χ4n) is 12.3. The molecule has 4 heteroatoms.